The van der Waals surface area contributed by atoms with Gasteiger partial charge in [-0.3, -0.25) is 14.5 Å². The first kappa shape index (κ1) is 19.4. The summed E-state index contributed by atoms with van der Waals surface area (Å²) in [6.45, 7) is 7.07. The Hall–Kier alpha value is -1.92. The monoisotopic (exact) mass is 347 g/mol. The molecule has 6 heteroatoms. The molecule has 2 rings (SSSR count). The zero-order valence-corrected chi connectivity index (χ0v) is 15.4. The zero-order chi connectivity index (χ0) is 18.2. The third-order valence-electron chi connectivity index (χ3n) is 4.72. The van der Waals surface area contributed by atoms with Crippen molar-refractivity contribution in [2.45, 2.75) is 26.7 Å². The van der Waals surface area contributed by atoms with E-state index in [9.17, 15) is 9.59 Å². The van der Waals surface area contributed by atoms with Crippen molar-refractivity contribution in [3.8, 4) is 0 Å². The number of hydrogen-bond acceptors (Lipinski definition) is 4. The SMILES string of the molecule is COCCNC(=O)C1CCN(CC(=O)Nc2ccc(C)c(C)c2)CC1. The first-order chi connectivity index (χ1) is 12.0. The molecular formula is C19H29N3O3. The molecule has 138 valence electrons. The molecule has 25 heavy (non-hydrogen) atoms. The number of nitrogens with zero attached hydrogens (tertiary/aromatic N) is 1. The highest BCUT2D eigenvalue weighted by Gasteiger charge is 2.25. The molecule has 1 aliphatic rings. The summed E-state index contributed by atoms with van der Waals surface area (Å²) in [4.78, 5) is 26.4. The van der Waals surface area contributed by atoms with Crippen LogP contribution in [0, 0.1) is 19.8 Å². The molecule has 0 saturated carbocycles. The second-order valence-electron chi connectivity index (χ2n) is 6.68. The predicted molar refractivity (Wildman–Crippen MR) is 98.6 cm³/mol. The van der Waals surface area contributed by atoms with Crippen LogP contribution in [0.15, 0.2) is 18.2 Å². The maximum absolute atomic E-state index is 12.2. The van der Waals surface area contributed by atoms with Gasteiger partial charge in [0.2, 0.25) is 11.8 Å². The van der Waals surface area contributed by atoms with E-state index in [1.807, 2.05) is 25.1 Å². The number of piperidine rings is 1. The molecule has 1 aromatic rings. The lowest BCUT2D eigenvalue weighted by molar-refractivity contribution is -0.126. The third-order valence-corrected chi connectivity index (χ3v) is 4.72. The Balaban J connectivity index is 1.73. The number of methoxy groups -OCH3 is 1. The van der Waals surface area contributed by atoms with Crippen LogP contribution in [0.5, 0.6) is 0 Å². The fourth-order valence-corrected chi connectivity index (χ4v) is 3.00. The maximum Gasteiger partial charge on any atom is 0.238 e. The second-order valence-corrected chi connectivity index (χ2v) is 6.68. The predicted octanol–water partition coefficient (Wildman–Crippen LogP) is 1.72. The minimum atomic E-state index is -0.00810. The van der Waals surface area contributed by atoms with Crippen molar-refractivity contribution in [3.63, 3.8) is 0 Å². The number of nitrogens with one attached hydrogen (secondary N) is 2. The van der Waals surface area contributed by atoms with E-state index < -0.39 is 0 Å². The van der Waals surface area contributed by atoms with Crippen LogP contribution in [0.2, 0.25) is 0 Å². The summed E-state index contributed by atoms with van der Waals surface area (Å²) < 4.78 is 4.94. The molecule has 1 fully saturated rings. The van der Waals surface area contributed by atoms with Crippen molar-refractivity contribution in [2.24, 2.45) is 5.92 Å². The molecule has 2 N–H and O–H groups in total. The van der Waals surface area contributed by atoms with E-state index in [1.54, 1.807) is 7.11 Å². The van der Waals surface area contributed by atoms with Gasteiger partial charge in [0.05, 0.1) is 13.2 Å². The maximum atomic E-state index is 12.2. The van der Waals surface area contributed by atoms with Gasteiger partial charge < -0.3 is 15.4 Å². The molecule has 1 heterocycles. The van der Waals surface area contributed by atoms with Crippen molar-refractivity contribution in [1.82, 2.24) is 10.2 Å². The Morgan fingerprint density at radius 2 is 1.92 bits per heavy atom. The first-order valence-electron chi connectivity index (χ1n) is 8.85. The van der Waals surface area contributed by atoms with E-state index in [2.05, 4.69) is 22.5 Å². The summed E-state index contributed by atoms with van der Waals surface area (Å²) in [5, 5.41) is 5.84. The number of hydrogen-bond donors (Lipinski definition) is 2. The number of amides is 2. The molecule has 6 nitrogen and oxygen atoms in total. The van der Waals surface area contributed by atoms with Crippen LogP contribution in [0.1, 0.15) is 24.0 Å². The number of rotatable bonds is 7. The number of carbonyl (C=O) groups is 2. The van der Waals surface area contributed by atoms with Crippen LogP contribution in [0.25, 0.3) is 0 Å². The van der Waals surface area contributed by atoms with Crippen LogP contribution in [-0.2, 0) is 14.3 Å². The van der Waals surface area contributed by atoms with E-state index in [-0.39, 0.29) is 17.7 Å². The molecule has 1 aliphatic heterocycles. The van der Waals surface area contributed by atoms with E-state index in [0.29, 0.717) is 19.7 Å². The Bertz CT molecular complexity index is 596. The van der Waals surface area contributed by atoms with Crippen molar-refractivity contribution < 1.29 is 14.3 Å². The second kappa shape index (κ2) is 9.53. The van der Waals surface area contributed by atoms with E-state index in [4.69, 9.17) is 4.74 Å². The third kappa shape index (κ3) is 6.14. The highest BCUT2D eigenvalue weighted by atomic mass is 16.5. The molecule has 0 spiro atoms. The summed E-state index contributed by atoms with van der Waals surface area (Å²) in [5.74, 6) is 0.124. The van der Waals surface area contributed by atoms with E-state index in [1.165, 1.54) is 5.56 Å². The molecule has 0 radical (unpaired) electrons. The van der Waals surface area contributed by atoms with Crippen LogP contribution in [0.3, 0.4) is 0 Å². The molecule has 0 bridgehead atoms. The number of anilines is 1. The van der Waals surface area contributed by atoms with Gasteiger partial charge in [-0.25, -0.2) is 0 Å². The number of benzene rings is 1. The highest BCUT2D eigenvalue weighted by Crippen LogP contribution is 2.18. The molecule has 0 aromatic heterocycles. The standard InChI is InChI=1S/C19H29N3O3/c1-14-4-5-17(12-15(14)2)21-18(23)13-22-9-6-16(7-10-22)19(24)20-8-11-25-3/h4-5,12,16H,6-11,13H2,1-3H3,(H,20,24)(H,21,23). The van der Waals surface area contributed by atoms with Crippen molar-refractivity contribution in [1.29, 1.82) is 0 Å². The van der Waals surface area contributed by atoms with Crippen LogP contribution >= 0.6 is 0 Å². The van der Waals surface area contributed by atoms with Gasteiger partial charge in [0, 0.05) is 25.3 Å². The lowest BCUT2D eigenvalue weighted by atomic mass is 9.96. The van der Waals surface area contributed by atoms with E-state index in [0.717, 1.165) is 37.2 Å². The van der Waals surface area contributed by atoms with Gasteiger partial charge in [-0.2, -0.15) is 0 Å². The Morgan fingerprint density at radius 1 is 1.20 bits per heavy atom. The normalized spacial score (nSPS) is 15.8. The average molecular weight is 347 g/mol. The number of likely N-dealkylation sites (tertiary alicyclic amines) is 1. The first-order valence-corrected chi connectivity index (χ1v) is 8.85. The van der Waals surface area contributed by atoms with Crippen LogP contribution in [0.4, 0.5) is 5.69 Å². The van der Waals surface area contributed by atoms with Crippen LogP contribution < -0.4 is 10.6 Å². The summed E-state index contributed by atoms with van der Waals surface area (Å²) in [6.07, 6.45) is 1.57. The molecule has 0 aliphatic carbocycles. The summed E-state index contributed by atoms with van der Waals surface area (Å²) in [5.41, 5.74) is 3.21. The molecule has 1 aromatic carbocycles. The minimum Gasteiger partial charge on any atom is -0.383 e. The lowest BCUT2D eigenvalue weighted by Gasteiger charge is -2.30. The topological polar surface area (TPSA) is 70.7 Å². The van der Waals surface area contributed by atoms with Crippen molar-refractivity contribution in [2.75, 3.05) is 45.2 Å². The van der Waals surface area contributed by atoms with Gasteiger partial charge in [0.1, 0.15) is 0 Å². The average Bonchev–Trinajstić information content (AvgIpc) is 2.59. The molecule has 1 saturated heterocycles. The quantitative estimate of drug-likeness (QED) is 0.737. The molecule has 2 amide bonds. The smallest absolute Gasteiger partial charge is 0.238 e. The summed E-state index contributed by atoms with van der Waals surface area (Å²) in [7, 11) is 1.62. The van der Waals surface area contributed by atoms with Gasteiger partial charge in [-0.1, -0.05) is 6.07 Å². The van der Waals surface area contributed by atoms with Crippen LogP contribution in [-0.4, -0.2) is 56.6 Å². The van der Waals surface area contributed by atoms with E-state index >= 15 is 0 Å². The lowest BCUT2D eigenvalue weighted by Crippen LogP contribution is -2.43. The van der Waals surface area contributed by atoms with Crippen molar-refractivity contribution >= 4 is 17.5 Å². The minimum absolute atomic E-state index is 0.00810. The molecule has 0 unspecified atom stereocenters. The summed E-state index contributed by atoms with van der Waals surface area (Å²) >= 11 is 0. The van der Waals surface area contributed by atoms with Gasteiger partial charge in [-0.05, 0) is 63.0 Å². The summed E-state index contributed by atoms with van der Waals surface area (Å²) in [6, 6.07) is 5.93. The number of aryl methyl sites for hydroxylation is 2. The Morgan fingerprint density at radius 3 is 2.56 bits per heavy atom. The largest absolute Gasteiger partial charge is 0.383 e. The molecule has 0 atom stereocenters. The number of ether oxygens (including phenoxy) is 1. The van der Waals surface area contributed by atoms with Gasteiger partial charge in [0.15, 0.2) is 0 Å². The van der Waals surface area contributed by atoms with Crippen molar-refractivity contribution in [3.05, 3.63) is 29.3 Å². The highest BCUT2D eigenvalue weighted by molar-refractivity contribution is 5.92. The Kier molecular flexibility index (Phi) is 7.40. The van der Waals surface area contributed by atoms with Gasteiger partial charge in [0.25, 0.3) is 0 Å². The fraction of sp³-hybridized carbons (Fsp3) is 0.579. The number of carbonyl (C=O) groups excluding carboxylic acids is 2. The Labute approximate surface area is 149 Å². The van der Waals surface area contributed by atoms with Gasteiger partial charge in [-0.15, -0.1) is 0 Å². The molecular weight excluding hydrogens is 318 g/mol. The zero-order valence-electron chi connectivity index (χ0n) is 15.4. The fourth-order valence-electron chi connectivity index (χ4n) is 3.00. The van der Waals surface area contributed by atoms with Gasteiger partial charge >= 0.3 is 0 Å².